The van der Waals surface area contributed by atoms with Crippen molar-refractivity contribution < 1.29 is 18.3 Å². The van der Waals surface area contributed by atoms with Gasteiger partial charge in [-0.2, -0.15) is 4.31 Å². The van der Waals surface area contributed by atoms with Crippen molar-refractivity contribution in [2.75, 3.05) is 18.4 Å². The summed E-state index contributed by atoms with van der Waals surface area (Å²) in [7, 11) is -3.57. The Bertz CT molecular complexity index is 935. The molecule has 7 heteroatoms. The van der Waals surface area contributed by atoms with Gasteiger partial charge in [0.05, 0.1) is 11.3 Å². The zero-order valence-electron chi connectivity index (χ0n) is 15.3. The Morgan fingerprint density at radius 1 is 1.11 bits per heavy atom. The number of piperidine rings is 1. The molecule has 6 nitrogen and oxygen atoms in total. The number of anilines is 1. The Kier molecular flexibility index (Phi) is 5.82. The van der Waals surface area contributed by atoms with Gasteiger partial charge in [-0.05, 0) is 43.5 Å². The summed E-state index contributed by atoms with van der Waals surface area (Å²) in [5.41, 5.74) is 1.60. The monoisotopic (exact) mass is 388 g/mol. The molecule has 1 heterocycles. The average molecular weight is 388 g/mol. The molecule has 0 atom stereocenters. The van der Waals surface area contributed by atoms with Crippen LogP contribution in [-0.4, -0.2) is 36.8 Å². The maximum atomic E-state index is 13.0. The third-order valence-corrected chi connectivity index (χ3v) is 6.79. The molecule has 27 heavy (non-hydrogen) atoms. The standard InChI is InChI=1S/C20H24N2O4S/c1-15-9-10-17(21-20(24)13-16-7-3-4-8-18(16)23)14-19(15)27(25,26)22-11-5-2-6-12-22/h3-4,7-10,14,23H,2,5-6,11-13H2,1H3,(H,21,24). The summed E-state index contributed by atoms with van der Waals surface area (Å²) < 4.78 is 27.4. The average Bonchev–Trinajstić information content (AvgIpc) is 2.66. The van der Waals surface area contributed by atoms with Crippen LogP contribution in [0.4, 0.5) is 5.69 Å². The second-order valence-electron chi connectivity index (χ2n) is 6.80. The molecule has 1 aliphatic heterocycles. The number of sulfonamides is 1. The van der Waals surface area contributed by atoms with Gasteiger partial charge in [0.15, 0.2) is 0 Å². The number of hydrogen-bond donors (Lipinski definition) is 2. The predicted molar refractivity (Wildman–Crippen MR) is 104 cm³/mol. The number of carbonyl (C=O) groups is 1. The first-order valence-corrected chi connectivity index (χ1v) is 10.5. The van der Waals surface area contributed by atoms with Crippen molar-refractivity contribution in [2.24, 2.45) is 0 Å². The molecule has 0 saturated carbocycles. The van der Waals surface area contributed by atoms with Gasteiger partial charge in [-0.3, -0.25) is 4.79 Å². The number of para-hydroxylation sites is 1. The van der Waals surface area contributed by atoms with Crippen LogP contribution in [0.5, 0.6) is 5.75 Å². The van der Waals surface area contributed by atoms with E-state index in [0.717, 1.165) is 19.3 Å². The van der Waals surface area contributed by atoms with Crippen molar-refractivity contribution in [1.82, 2.24) is 4.31 Å². The Hall–Kier alpha value is -2.38. The van der Waals surface area contributed by atoms with Crippen LogP contribution in [0, 0.1) is 6.92 Å². The van der Waals surface area contributed by atoms with Gasteiger partial charge in [0, 0.05) is 24.3 Å². The number of aromatic hydroxyl groups is 1. The summed E-state index contributed by atoms with van der Waals surface area (Å²) in [6.45, 7) is 2.82. The van der Waals surface area contributed by atoms with Crippen LogP contribution in [0.25, 0.3) is 0 Å². The van der Waals surface area contributed by atoms with Gasteiger partial charge < -0.3 is 10.4 Å². The molecular formula is C20H24N2O4S. The first-order valence-electron chi connectivity index (χ1n) is 9.05. The second-order valence-corrected chi connectivity index (χ2v) is 8.71. The fourth-order valence-electron chi connectivity index (χ4n) is 3.24. The lowest BCUT2D eigenvalue weighted by molar-refractivity contribution is -0.115. The highest BCUT2D eigenvalue weighted by atomic mass is 32.2. The lowest BCUT2D eigenvalue weighted by Crippen LogP contribution is -2.36. The van der Waals surface area contributed by atoms with Crippen LogP contribution in [0.2, 0.25) is 0 Å². The third kappa shape index (κ3) is 4.48. The van der Waals surface area contributed by atoms with Gasteiger partial charge >= 0.3 is 0 Å². The number of carbonyl (C=O) groups excluding carboxylic acids is 1. The van der Waals surface area contributed by atoms with E-state index in [-0.39, 0.29) is 23.0 Å². The summed E-state index contributed by atoms with van der Waals surface area (Å²) in [4.78, 5) is 12.5. The SMILES string of the molecule is Cc1ccc(NC(=O)Cc2ccccc2O)cc1S(=O)(=O)N1CCCCC1. The lowest BCUT2D eigenvalue weighted by atomic mass is 10.1. The van der Waals surface area contributed by atoms with E-state index in [9.17, 15) is 18.3 Å². The van der Waals surface area contributed by atoms with E-state index in [0.29, 0.717) is 29.9 Å². The maximum Gasteiger partial charge on any atom is 0.243 e. The quantitative estimate of drug-likeness (QED) is 0.824. The Morgan fingerprint density at radius 3 is 2.52 bits per heavy atom. The number of rotatable bonds is 5. The molecule has 0 unspecified atom stereocenters. The third-order valence-electron chi connectivity index (χ3n) is 4.75. The van der Waals surface area contributed by atoms with Crippen LogP contribution in [0.3, 0.4) is 0 Å². The van der Waals surface area contributed by atoms with Crippen LogP contribution < -0.4 is 5.32 Å². The largest absolute Gasteiger partial charge is 0.508 e. The van der Waals surface area contributed by atoms with E-state index in [4.69, 9.17) is 0 Å². The minimum Gasteiger partial charge on any atom is -0.508 e. The second kappa shape index (κ2) is 8.10. The van der Waals surface area contributed by atoms with E-state index >= 15 is 0 Å². The van der Waals surface area contributed by atoms with Crippen molar-refractivity contribution in [2.45, 2.75) is 37.5 Å². The molecule has 3 rings (SSSR count). The smallest absolute Gasteiger partial charge is 0.243 e. The maximum absolute atomic E-state index is 13.0. The van der Waals surface area contributed by atoms with Gasteiger partial charge in [0.2, 0.25) is 15.9 Å². The topological polar surface area (TPSA) is 86.7 Å². The zero-order chi connectivity index (χ0) is 19.4. The molecule has 0 radical (unpaired) electrons. The summed E-state index contributed by atoms with van der Waals surface area (Å²) in [6.07, 6.45) is 2.80. The zero-order valence-corrected chi connectivity index (χ0v) is 16.1. The molecular weight excluding hydrogens is 364 g/mol. The molecule has 144 valence electrons. The highest BCUT2D eigenvalue weighted by Gasteiger charge is 2.27. The van der Waals surface area contributed by atoms with E-state index < -0.39 is 10.0 Å². The summed E-state index contributed by atoms with van der Waals surface area (Å²) >= 11 is 0. The number of amides is 1. The molecule has 1 aliphatic rings. The van der Waals surface area contributed by atoms with Gasteiger partial charge in [-0.25, -0.2) is 8.42 Å². The van der Waals surface area contributed by atoms with Crippen LogP contribution in [0.1, 0.15) is 30.4 Å². The highest BCUT2D eigenvalue weighted by molar-refractivity contribution is 7.89. The molecule has 0 bridgehead atoms. The number of benzene rings is 2. The summed E-state index contributed by atoms with van der Waals surface area (Å²) in [6, 6.07) is 11.5. The van der Waals surface area contributed by atoms with Crippen molar-refractivity contribution in [3.63, 3.8) is 0 Å². The minimum absolute atomic E-state index is 0.00869. The molecule has 0 aliphatic carbocycles. The number of nitrogens with one attached hydrogen (secondary N) is 1. The first kappa shape index (κ1) is 19.4. The summed E-state index contributed by atoms with van der Waals surface area (Å²) in [5.74, 6) is -0.258. The van der Waals surface area contributed by atoms with Gasteiger partial charge in [0.1, 0.15) is 5.75 Å². The predicted octanol–water partition coefficient (Wildman–Crippen LogP) is 3.06. The van der Waals surface area contributed by atoms with Gasteiger partial charge in [-0.1, -0.05) is 30.7 Å². The van der Waals surface area contributed by atoms with Crippen molar-refractivity contribution in [3.8, 4) is 5.75 Å². The molecule has 0 aromatic heterocycles. The van der Waals surface area contributed by atoms with E-state index in [1.807, 2.05) is 0 Å². The van der Waals surface area contributed by atoms with Crippen LogP contribution >= 0.6 is 0 Å². The fraction of sp³-hybridized carbons (Fsp3) is 0.350. The molecule has 2 N–H and O–H groups in total. The Morgan fingerprint density at radius 2 is 1.81 bits per heavy atom. The van der Waals surface area contributed by atoms with Crippen molar-refractivity contribution in [3.05, 3.63) is 53.6 Å². The van der Waals surface area contributed by atoms with Gasteiger partial charge in [-0.15, -0.1) is 0 Å². The van der Waals surface area contributed by atoms with Crippen molar-refractivity contribution >= 4 is 21.6 Å². The molecule has 1 fully saturated rings. The molecule has 0 spiro atoms. The molecule has 1 amide bonds. The number of hydrogen-bond acceptors (Lipinski definition) is 4. The van der Waals surface area contributed by atoms with E-state index in [2.05, 4.69) is 5.32 Å². The first-order chi connectivity index (χ1) is 12.9. The lowest BCUT2D eigenvalue weighted by Gasteiger charge is -2.26. The van der Waals surface area contributed by atoms with E-state index in [1.165, 1.54) is 16.4 Å². The number of aryl methyl sites for hydroxylation is 1. The normalized spacial score (nSPS) is 15.4. The highest BCUT2D eigenvalue weighted by Crippen LogP contribution is 2.26. The number of phenols is 1. The van der Waals surface area contributed by atoms with Crippen LogP contribution in [-0.2, 0) is 21.2 Å². The number of nitrogens with zero attached hydrogens (tertiary/aromatic N) is 1. The Labute approximate surface area is 159 Å². The van der Waals surface area contributed by atoms with Crippen molar-refractivity contribution in [1.29, 1.82) is 0 Å². The Balaban J connectivity index is 1.79. The fourth-order valence-corrected chi connectivity index (χ4v) is 5.01. The molecule has 2 aromatic carbocycles. The van der Waals surface area contributed by atoms with E-state index in [1.54, 1.807) is 37.3 Å². The number of phenolic OH excluding ortho intramolecular Hbond substituents is 1. The summed E-state index contributed by atoms with van der Waals surface area (Å²) in [5, 5.41) is 12.5. The molecule has 2 aromatic rings. The van der Waals surface area contributed by atoms with Crippen LogP contribution in [0.15, 0.2) is 47.4 Å². The molecule has 1 saturated heterocycles. The minimum atomic E-state index is -3.57. The van der Waals surface area contributed by atoms with Gasteiger partial charge in [0.25, 0.3) is 0 Å².